The van der Waals surface area contributed by atoms with Crippen LogP contribution in [-0.2, 0) is 11.3 Å². The maximum absolute atomic E-state index is 12.3. The van der Waals surface area contributed by atoms with Gasteiger partial charge in [0.05, 0.1) is 11.7 Å². The highest BCUT2D eigenvalue weighted by Crippen LogP contribution is 2.19. The largest absolute Gasteiger partial charge is 0.341 e. The summed E-state index contributed by atoms with van der Waals surface area (Å²) in [4.78, 5) is 16.4. The van der Waals surface area contributed by atoms with Gasteiger partial charge in [-0.15, -0.1) is 0 Å². The Bertz CT molecular complexity index is 641. The third-order valence-corrected chi connectivity index (χ3v) is 4.80. The number of hydrogen-bond acceptors (Lipinski definition) is 5. The van der Waals surface area contributed by atoms with Gasteiger partial charge in [-0.1, -0.05) is 6.07 Å². The molecule has 112 valence electrons. The second-order valence-corrected chi connectivity index (χ2v) is 6.35. The Balaban J connectivity index is 1.61. The smallest absolute Gasteiger partial charge is 0.224 e. The van der Waals surface area contributed by atoms with Crippen LogP contribution >= 0.6 is 11.7 Å². The Morgan fingerprint density at radius 1 is 1.43 bits per heavy atom. The van der Waals surface area contributed by atoms with E-state index in [1.54, 1.807) is 0 Å². The fraction of sp³-hybridized carbons (Fsp3) is 0.533. The van der Waals surface area contributed by atoms with Gasteiger partial charge in [-0.3, -0.25) is 4.79 Å². The topological polar surface area (TPSA) is 49.3 Å². The molecule has 1 aliphatic heterocycles. The molecule has 0 spiro atoms. The van der Waals surface area contributed by atoms with Crippen molar-refractivity contribution in [3.05, 3.63) is 23.8 Å². The quantitative estimate of drug-likeness (QED) is 0.868. The second-order valence-electron chi connectivity index (χ2n) is 5.82. The van der Waals surface area contributed by atoms with Crippen molar-refractivity contribution >= 4 is 28.7 Å². The molecule has 2 heterocycles. The Hall–Kier alpha value is -1.53. The highest BCUT2D eigenvalue weighted by atomic mass is 32.1. The first-order chi connectivity index (χ1) is 10.1. The first-order valence-electron chi connectivity index (χ1n) is 7.29. The number of benzene rings is 1. The zero-order valence-electron chi connectivity index (χ0n) is 12.5. The molecule has 0 saturated carbocycles. The molecular formula is C15H20N4OS. The van der Waals surface area contributed by atoms with Crippen molar-refractivity contribution in [1.29, 1.82) is 0 Å². The molecule has 0 radical (unpaired) electrons. The molecule has 1 aromatic carbocycles. The van der Waals surface area contributed by atoms with E-state index in [0.29, 0.717) is 19.0 Å². The van der Waals surface area contributed by atoms with Gasteiger partial charge in [-0.2, -0.15) is 8.75 Å². The average molecular weight is 304 g/mol. The van der Waals surface area contributed by atoms with Crippen molar-refractivity contribution in [3.8, 4) is 0 Å². The monoisotopic (exact) mass is 304 g/mol. The van der Waals surface area contributed by atoms with E-state index in [1.165, 1.54) is 18.1 Å². The highest BCUT2D eigenvalue weighted by Gasteiger charge is 2.24. The summed E-state index contributed by atoms with van der Waals surface area (Å²) in [6.45, 7) is 1.73. The number of fused-ring (bicyclic) bond motifs is 1. The minimum atomic E-state index is 0.213. The van der Waals surface area contributed by atoms with Crippen LogP contribution in [0.3, 0.4) is 0 Å². The van der Waals surface area contributed by atoms with E-state index in [4.69, 9.17) is 0 Å². The van der Waals surface area contributed by atoms with Gasteiger partial charge in [-0.05, 0) is 44.1 Å². The molecule has 1 saturated heterocycles. The number of carbonyl (C=O) groups is 1. The fourth-order valence-electron chi connectivity index (χ4n) is 2.88. The molecule has 1 unspecified atom stereocenters. The van der Waals surface area contributed by atoms with Crippen LogP contribution in [0, 0.1) is 0 Å². The summed E-state index contributed by atoms with van der Waals surface area (Å²) in [5.41, 5.74) is 2.94. The van der Waals surface area contributed by atoms with Crippen molar-refractivity contribution in [2.75, 3.05) is 20.6 Å². The minimum Gasteiger partial charge on any atom is -0.341 e. The van der Waals surface area contributed by atoms with Gasteiger partial charge in [0.1, 0.15) is 11.0 Å². The molecule has 21 heavy (non-hydrogen) atoms. The molecule has 0 aliphatic carbocycles. The van der Waals surface area contributed by atoms with E-state index in [1.807, 2.05) is 30.1 Å². The van der Waals surface area contributed by atoms with Crippen LogP contribution in [0.1, 0.15) is 24.8 Å². The van der Waals surface area contributed by atoms with Gasteiger partial charge in [0, 0.05) is 26.1 Å². The summed E-state index contributed by atoms with van der Waals surface area (Å²) in [6.07, 6.45) is 2.95. The van der Waals surface area contributed by atoms with Crippen LogP contribution < -0.4 is 0 Å². The van der Waals surface area contributed by atoms with E-state index in [0.717, 1.165) is 29.6 Å². The molecule has 2 aromatic rings. The molecule has 6 heteroatoms. The van der Waals surface area contributed by atoms with Gasteiger partial charge >= 0.3 is 0 Å². The van der Waals surface area contributed by atoms with Crippen LogP contribution in [0.4, 0.5) is 0 Å². The molecule has 5 nitrogen and oxygen atoms in total. The maximum Gasteiger partial charge on any atom is 0.224 e. The summed E-state index contributed by atoms with van der Waals surface area (Å²) in [5, 5.41) is 0. The van der Waals surface area contributed by atoms with Crippen LogP contribution in [0.5, 0.6) is 0 Å². The SMILES string of the molecule is CN(Cc1ccc2nsnc2c1)C(=O)CC1CCCN1C. The first kappa shape index (κ1) is 14.4. The first-order valence-corrected chi connectivity index (χ1v) is 8.02. The van der Waals surface area contributed by atoms with Gasteiger partial charge in [0.15, 0.2) is 0 Å². The van der Waals surface area contributed by atoms with E-state index in [2.05, 4.69) is 20.7 Å². The lowest BCUT2D eigenvalue weighted by Gasteiger charge is -2.23. The van der Waals surface area contributed by atoms with Gasteiger partial charge in [-0.25, -0.2) is 0 Å². The van der Waals surface area contributed by atoms with Gasteiger partial charge in [0.2, 0.25) is 5.91 Å². The Kier molecular flexibility index (Phi) is 4.17. The highest BCUT2D eigenvalue weighted by molar-refractivity contribution is 7.00. The number of rotatable bonds is 4. The number of likely N-dealkylation sites (tertiary alicyclic amines) is 1. The predicted octanol–water partition coefficient (Wildman–Crippen LogP) is 2.13. The molecular weight excluding hydrogens is 284 g/mol. The van der Waals surface area contributed by atoms with Gasteiger partial charge in [0.25, 0.3) is 0 Å². The van der Waals surface area contributed by atoms with E-state index in [9.17, 15) is 4.79 Å². The molecule has 0 bridgehead atoms. The predicted molar refractivity (Wildman–Crippen MR) is 84.2 cm³/mol. The maximum atomic E-state index is 12.3. The standard InChI is InChI=1S/C15H20N4OS/c1-18-7-3-4-12(18)9-15(20)19(2)10-11-5-6-13-14(8-11)17-21-16-13/h5-6,8,12H,3-4,7,9-10H2,1-2H3. The normalized spacial score (nSPS) is 19.2. The van der Waals surface area contributed by atoms with Crippen molar-refractivity contribution < 1.29 is 4.79 Å². The zero-order valence-corrected chi connectivity index (χ0v) is 13.3. The molecule has 1 atom stereocenters. The van der Waals surface area contributed by atoms with Crippen LogP contribution in [0.15, 0.2) is 18.2 Å². The number of carbonyl (C=O) groups excluding carboxylic acids is 1. The Labute approximate surface area is 128 Å². The summed E-state index contributed by atoms with van der Waals surface area (Å²) in [6, 6.07) is 6.42. The molecule has 1 aromatic heterocycles. The van der Waals surface area contributed by atoms with Crippen molar-refractivity contribution in [2.24, 2.45) is 0 Å². The summed E-state index contributed by atoms with van der Waals surface area (Å²) in [5.74, 6) is 0.213. The molecule has 1 fully saturated rings. The lowest BCUT2D eigenvalue weighted by molar-refractivity contribution is -0.131. The van der Waals surface area contributed by atoms with E-state index >= 15 is 0 Å². The summed E-state index contributed by atoms with van der Waals surface area (Å²) < 4.78 is 8.44. The zero-order chi connectivity index (χ0) is 14.8. The van der Waals surface area contributed by atoms with Crippen molar-refractivity contribution in [1.82, 2.24) is 18.5 Å². The third kappa shape index (κ3) is 3.22. The molecule has 1 amide bonds. The minimum absolute atomic E-state index is 0.213. The lowest BCUT2D eigenvalue weighted by Crippen LogP contribution is -2.34. The Morgan fingerprint density at radius 3 is 3.00 bits per heavy atom. The second kappa shape index (κ2) is 6.07. The number of hydrogen-bond donors (Lipinski definition) is 0. The third-order valence-electron chi connectivity index (χ3n) is 4.25. The number of aromatic nitrogens is 2. The van der Waals surface area contributed by atoms with Crippen LogP contribution in [-0.4, -0.2) is 51.1 Å². The van der Waals surface area contributed by atoms with Crippen LogP contribution in [0.2, 0.25) is 0 Å². The van der Waals surface area contributed by atoms with Gasteiger partial charge < -0.3 is 9.80 Å². The fourth-order valence-corrected chi connectivity index (χ4v) is 3.40. The molecule has 1 aliphatic rings. The van der Waals surface area contributed by atoms with Crippen molar-refractivity contribution in [3.63, 3.8) is 0 Å². The van der Waals surface area contributed by atoms with E-state index in [-0.39, 0.29) is 5.91 Å². The number of nitrogens with zero attached hydrogens (tertiary/aromatic N) is 4. The summed E-state index contributed by atoms with van der Waals surface area (Å²) in [7, 11) is 3.98. The van der Waals surface area contributed by atoms with E-state index < -0.39 is 0 Å². The Morgan fingerprint density at radius 2 is 2.24 bits per heavy atom. The molecule has 0 N–H and O–H groups in total. The summed E-state index contributed by atoms with van der Waals surface area (Å²) >= 11 is 1.22. The lowest BCUT2D eigenvalue weighted by atomic mass is 10.1. The van der Waals surface area contributed by atoms with Crippen LogP contribution in [0.25, 0.3) is 11.0 Å². The number of amides is 1. The average Bonchev–Trinajstić information content (AvgIpc) is 3.07. The molecule has 3 rings (SSSR count). The van der Waals surface area contributed by atoms with Crippen molar-refractivity contribution in [2.45, 2.75) is 31.8 Å².